The van der Waals surface area contributed by atoms with Crippen LogP contribution in [-0.4, -0.2) is 5.91 Å². The van der Waals surface area contributed by atoms with E-state index >= 15 is 0 Å². The molecule has 0 saturated carbocycles. The van der Waals surface area contributed by atoms with Crippen molar-refractivity contribution in [2.75, 3.05) is 5.32 Å². The topological polar surface area (TPSA) is 29.1 Å². The van der Waals surface area contributed by atoms with Crippen molar-refractivity contribution in [1.29, 1.82) is 0 Å². The highest BCUT2D eigenvalue weighted by atomic mass is 79.9. The first-order chi connectivity index (χ1) is 10.1. The number of hydrogen-bond donors (Lipinski definition) is 1. The largest absolute Gasteiger partial charge is 0.322 e. The van der Waals surface area contributed by atoms with E-state index in [4.69, 9.17) is 0 Å². The van der Waals surface area contributed by atoms with Crippen molar-refractivity contribution in [1.82, 2.24) is 0 Å². The summed E-state index contributed by atoms with van der Waals surface area (Å²) in [7, 11) is 0. The predicted molar refractivity (Wildman–Crippen MR) is 88.6 cm³/mol. The number of thiophene rings is 1. The fourth-order valence-electron chi connectivity index (χ4n) is 2.12. The Morgan fingerprint density at radius 1 is 1.29 bits per heavy atom. The normalized spacial score (nSPS) is 10.8. The third kappa shape index (κ3) is 2.71. The summed E-state index contributed by atoms with van der Waals surface area (Å²) in [5.74, 6) is -0.622. The van der Waals surface area contributed by atoms with Gasteiger partial charge < -0.3 is 5.32 Å². The maximum absolute atomic E-state index is 13.6. The number of fused-ring (bicyclic) bond motifs is 1. The van der Waals surface area contributed by atoms with Gasteiger partial charge in [-0.05, 0) is 46.6 Å². The Bertz CT molecular complexity index is 843. The summed E-state index contributed by atoms with van der Waals surface area (Å²) in [6.07, 6.45) is 0. The van der Waals surface area contributed by atoms with Gasteiger partial charge in [-0.15, -0.1) is 11.3 Å². The highest BCUT2D eigenvalue weighted by Gasteiger charge is 2.14. The molecule has 0 saturated heterocycles. The molecule has 0 atom stereocenters. The first kappa shape index (κ1) is 14.2. The third-order valence-electron chi connectivity index (χ3n) is 3.24. The van der Waals surface area contributed by atoms with E-state index in [1.165, 1.54) is 17.4 Å². The number of anilines is 1. The van der Waals surface area contributed by atoms with Gasteiger partial charge in [0.25, 0.3) is 5.91 Å². The number of nitrogens with one attached hydrogen (secondary N) is 1. The predicted octanol–water partition coefficient (Wildman–Crippen LogP) is 5.36. The molecule has 3 rings (SSSR count). The maximum Gasteiger partial charge on any atom is 0.257 e. The summed E-state index contributed by atoms with van der Waals surface area (Å²) in [5, 5.41) is 5.52. The number of rotatable bonds is 2. The van der Waals surface area contributed by atoms with E-state index in [1.807, 2.05) is 36.6 Å². The van der Waals surface area contributed by atoms with Crippen molar-refractivity contribution in [3.63, 3.8) is 0 Å². The van der Waals surface area contributed by atoms with Gasteiger partial charge in [0.1, 0.15) is 5.82 Å². The molecular formula is C16H11BrFNOS. The number of aryl methyl sites for hydroxylation is 1. The zero-order valence-corrected chi connectivity index (χ0v) is 13.5. The van der Waals surface area contributed by atoms with Crippen LogP contribution in [0.4, 0.5) is 10.1 Å². The Morgan fingerprint density at radius 2 is 2.05 bits per heavy atom. The van der Waals surface area contributed by atoms with Crippen molar-refractivity contribution in [2.45, 2.75) is 6.92 Å². The van der Waals surface area contributed by atoms with Crippen LogP contribution in [0.25, 0.3) is 10.1 Å². The van der Waals surface area contributed by atoms with E-state index < -0.39 is 5.82 Å². The molecule has 1 aromatic heterocycles. The lowest BCUT2D eigenvalue weighted by Crippen LogP contribution is -2.12. The molecule has 1 N–H and O–H groups in total. The maximum atomic E-state index is 13.6. The van der Waals surface area contributed by atoms with Crippen LogP contribution in [-0.2, 0) is 0 Å². The van der Waals surface area contributed by atoms with E-state index in [2.05, 4.69) is 21.2 Å². The Hall–Kier alpha value is -1.72. The molecule has 1 amide bonds. The van der Waals surface area contributed by atoms with Crippen LogP contribution in [0.1, 0.15) is 15.9 Å². The molecule has 0 radical (unpaired) electrons. The molecule has 0 bridgehead atoms. The molecule has 3 aromatic rings. The second-order valence-corrected chi connectivity index (χ2v) is 6.45. The molecule has 5 heteroatoms. The van der Waals surface area contributed by atoms with E-state index in [-0.39, 0.29) is 5.91 Å². The number of halogens is 2. The van der Waals surface area contributed by atoms with Gasteiger partial charge in [-0.2, -0.15) is 0 Å². The second-order valence-electron chi connectivity index (χ2n) is 4.68. The summed E-state index contributed by atoms with van der Waals surface area (Å²) >= 11 is 4.65. The van der Waals surface area contributed by atoms with Crippen LogP contribution in [0.15, 0.2) is 46.3 Å². The molecule has 0 aliphatic heterocycles. The van der Waals surface area contributed by atoms with Crippen LogP contribution in [0, 0.1) is 12.7 Å². The summed E-state index contributed by atoms with van der Waals surface area (Å²) in [5.41, 5.74) is 1.89. The molecule has 106 valence electrons. The number of carbonyl (C=O) groups is 1. The summed E-state index contributed by atoms with van der Waals surface area (Å²) in [6.45, 7) is 1.82. The van der Waals surface area contributed by atoms with Crippen LogP contribution >= 0.6 is 27.3 Å². The summed E-state index contributed by atoms with van der Waals surface area (Å²) in [6, 6.07) is 10.7. The standard InChI is InChI=1S/C16H11BrFNOS/c1-9-6-12(17)13(18)7-14(9)19-16(20)11-8-21-15-5-3-2-4-10(11)15/h2-8H,1H3,(H,19,20). The monoisotopic (exact) mass is 363 g/mol. The molecule has 21 heavy (non-hydrogen) atoms. The summed E-state index contributed by atoms with van der Waals surface area (Å²) in [4.78, 5) is 12.4. The van der Waals surface area contributed by atoms with Crippen LogP contribution in [0.3, 0.4) is 0 Å². The van der Waals surface area contributed by atoms with Gasteiger partial charge in [0.05, 0.1) is 10.0 Å². The lowest BCUT2D eigenvalue weighted by Gasteiger charge is -2.09. The lowest BCUT2D eigenvalue weighted by molar-refractivity contribution is 0.102. The number of amides is 1. The third-order valence-corrected chi connectivity index (χ3v) is 4.81. The highest BCUT2D eigenvalue weighted by Crippen LogP contribution is 2.28. The van der Waals surface area contributed by atoms with Crippen LogP contribution < -0.4 is 5.32 Å². The fraction of sp³-hybridized carbons (Fsp3) is 0.0625. The Balaban J connectivity index is 1.95. The van der Waals surface area contributed by atoms with Crippen molar-refractivity contribution < 1.29 is 9.18 Å². The van der Waals surface area contributed by atoms with E-state index in [0.717, 1.165) is 15.6 Å². The zero-order chi connectivity index (χ0) is 15.0. The number of carbonyl (C=O) groups excluding carboxylic acids is 1. The van der Waals surface area contributed by atoms with Gasteiger partial charge in [0.15, 0.2) is 0 Å². The first-order valence-electron chi connectivity index (χ1n) is 6.29. The SMILES string of the molecule is Cc1cc(Br)c(F)cc1NC(=O)c1csc2ccccc12. The van der Waals surface area contributed by atoms with Gasteiger partial charge in [-0.1, -0.05) is 18.2 Å². The molecule has 2 aromatic carbocycles. The number of benzene rings is 2. The van der Waals surface area contributed by atoms with Gasteiger partial charge >= 0.3 is 0 Å². The minimum atomic E-state index is -0.397. The molecule has 0 spiro atoms. The van der Waals surface area contributed by atoms with E-state index in [1.54, 1.807) is 6.07 Å². The Labute approximate surface area is 133 Å². The van der Waals surface area contributed by atoms with Gasteiger partial charge in [0.2, 0.25) is 0 Å². The quantitative estimate of drug-likeness (QED) is 0.651. The molecular weight excluding hydrogens is 353 g/mol. The zero-order valence-electron chi connectivity index (χ0n) is 11.1. The molecule has 2 nitrogen and oxygen atoms in total. The van der Waals surface area contributed by atoms with E-state index in [0.29, 0.717) is 15.7 Å². The lowest BCUT2D eigenvalue weighted by atomic mass is 10.1. The Morgan fingerprint density at radius 3 is 2.86 bits per heavy atom. The fourth-order valence-corrected chi connectivity index (χ4v) is 3.52. The van der Waals surface area contributed by atoms with E-state index in [9.17, 15) is 9.18 Å². The molecule has 1 heterocycles. The molecule has 0 aliphatic rings. The highest BCUT2D eigenvalue weighted by molar-refractivity contribution is 9.10. The molecule has 0 unspecified atom stereocenters. The van der Waals surface area contributed by atoms with Crippen molar-refractivity contribution in [2.24, 2.45) is 0 Å². The molecule has 0 aliphatic carbocycles. The average molecular weight is 364 g/mol. The molecule has 0 fully saturated rings. The van der Waals surface area contributed by atoms with Crippen LogP contribution in [0.5, 0.6) is 0 Å². The van der Waals surface area contributed by atoms with Crippen molar-refractivity contribution >= 4 is 48.9 Å². The summed E-state index contributed by atoms with van der Waals surface area (Å²) < 4.78 is 15.1. The van der Waals surface area contributed by atoms with Crippen molar-refractivity contribution in [3.8, 4) is 0 Å². The van der Waals surface area contributed by atoms with Gasteiger partial charge in [0, 0.05) is 21.2 Å². The average Bonchev–Trinajstić information content (AvgIpc) is 2.88. The van der Waals surface area contributed by atoms with Crippen molar-refractivity contribution in [3.05, 3.63) is 63.2 Å². The second kappa shape index (κ2) is 5.58. The minimum absolute atomic E-state index is 0.225. The van der Waals surface area contributed by atoms with Gasteiger partial charge in [-0.25, -0.2) is 4.39 Å². The van der Waals surface area contributed by atoms with Crippen LogP contribution in [0.2, 0.25) is 0 Å². The minimum Gasteiger partial charge on any atom is -0.322 e. The Kier molecular flexibility index (Phi) is 3.78. The smallest absolute Gasteiger partial charge is 0.257 e. The first-order valence-corrected chi connectivity index (χ1v) is 7.97. The van der Waals surface area contributed by atoms with Gasteiger partial charge in [-0.3, -0.25) is 4.79 Å². The number of hydrogen-bond acceptors (Lipinski definition) is 2.